The molecule has 3 aromatic rings. The van der Waals surface area contributed by atoms with Crippen LogP contribution < -0.4 is 10.2 Å². The van der Waals surface area contributed by atoms with Gasteiger partial charge in [-0.1, -0.05) is 0 Å². The summed E-state index contributed by atoms with van der Waals surface area (Å²) in [5.74, 6) is 0.634. The van der Waals surface area contributed by atoms with Gasteiger partial charge in [0.25, 0.3) is 0 Å². The van der Waals surface area contributed by atoms with Crippen LogP contribution in [0.4, 0.5) is 4.79 Å². The number of pyridine rings is 2. The Morgan fingerprint density at radius 3 is 3.00 bits per heavy atom. The lowest BCUT2D eigenvalue weighted by molar-refractivity contribution is 0.171. The zero-order valence-electron chi connectivity index (χ0n) is 15.3. The number of hydrazone groups is 1. The molecule has 0 bridgehead atoms. The van der Waals surface area contributed by atoms with E-state index in [1.807, 2.05) is 31.2 Å². The summed E-state index contributed by atoms with van der Waals surface area (Å²) in [6.07, 6.45) is 3.44. The molecular weight excluding hydrogens is 378 g/mol. The van der Waals surface area contributed by atoms with Gasteiger partial charge in [0.2, 0.25) is 0 Å². The van der Waals surface area contributed by atoms with E-state index in [2.05, 4.69) is 25.2 Å². The molecule has 4 heterocycles. The lowest BCUT2D eigenvalue weighted by atomic mass is 10.1. The highest BCUT2D eigenvalue weighted by atomic mass is 32.1. The molecule has 0 radical (unpaired) electrons. The molecule has 8 nitrogen and oxygen atoms in total. The van der Waals surface area contributed by atoms with Crippen LogP contribution in [0.1, 0.15) is 17.8 Å². The van der Waals surface area contributed by atoms with Gasteiger partial charge in [0.05, 0.1) is 35.7 Å². The van der Waals surface area contributed by atoms with Crippen LogP contribution in [-0.2, 0) is 4.74 Å². The molecule has 0 fully saturated rings. The zero-order chi connectivity index (χ0) is 19.5. The van der Waals surface area contributed by atoms with Crippen molar-refractivity contribution in [2.24, 2.45) is 5.10 Å². The number of fused-ring (bicyclic) bond motifs is 1. The summed E-state index contributed by atoms with van der Waals surface area (Å²) < 4.78 is 10.2. The maximum Gasteiger partial charge on any atom is 0.427 e. The van der Waals surface area contributed by atoms with Gasteiger partial charge in [-0.05, 0) is 31.2 Å². The first-order valence-electron chi connectivity index (χ1n) is 8.58. The minimum atomic E-state index is -0.629. The Bertz CT molecular complexity index is 1050. The minimum Gasteiger partial charge on any atom is -0.491 e. The number of aryl methyl sites for hydroxylation is 1. The van der Waals surface area contributed by atoms with E-state index < -0.39 is 6.09 Å². The van der Waals surface area contributed by atoms with E-state index in [1.165, 1.54) is 7.11 Å². The molecule has 1 aliphatic rings. The standard InChI is InChI=1S/C19H17N5O3S/c1-11-17(28-18(21-11)12-4-3-8-20-10-12)14-5-6-15-16(22-14)13(7-9-27-15)23-24-19(25)26-2/h3-6,8,10H,7,9H2,1-2H3,(H,24,25). The maximum atomic E-state index is 11.3. The number of rotatable bonds is 3. The second-order valence-electron chi connectivity index (χ2n) is 5.98. The number of amides is 1. The molecule has 3 aromatic heterocycles. The largest absolute Gasteiger partial charge is 0.491 e. The molecule has 142 valence electrons. The average Bonchev–Trinajstić information content (AvgIpc) is 3.13. The van der Waals surface area contributed by atoms with E-state index in [0.717, 1.165) is 26.8 Å². The SMILES string of the molecule is COC(=O)NN=C1CCOc2ccc(-c3sc(-c4cccnc4)nc3C)nc21. The molecule has 0 saturated carbocycles. The Hall–Kier alpha value is -3.33. The third-order valence-corrected chi connectivity index (χ3v) is 5.36. The van der Waals surface area contributed by atoms with Crippen molar-refractivity contribution < 1.29 is 14.3 Å². The molecule has 28 heavy (non-hydrogen) atoms. The first-order chi connectivity index (χ1) is 13.7. The van der Waals surface area contributed by atoms with E-state index in [-0.39, 0.29) is 0 Å². The molecule has 1 N–H and O–H groups in total. The summed E-state index contributed by atoms with van der Waals surface area (Å²) in [6, 6.07) is 7.64. The van der Waals surface area contributed by atoms with Crippen LogP contribution in [0.25, 0.3) is 21.1 Å². The van der Waals surface area contributed by atoms with Gasteiger partial charge < -0.3 is 9.47 Å². The number of aromatic nitrogens is 3. The molecule has 4 rings (SSSR count). The Balaban J connectivity index is 1.71. The fourth-order valence-electron chi connectivity index (χ4n) is 2.79. The van der Waals surface area contributed by atoms with Crippen LogP contribution in [0.5, 0.6) is 5.75 Å². The number of methoxy groups -OCH3 is 1. The van der Waals surface area contributed by atoms with Crippen LogP contribution in [-0.4, -0.2) is 40.5 Å². The van der Waals surface area contributed by atoms with E-state index in [9.17, 15) is 4.79 Å². The number of hydrogen-bond donors (Lipinski definition) is 1. The maximum absolute atomic E-state index is 11.3. The summed E-state index contributed by atoms with van der Waals surface area (Å²) in [7, 11) is 1.29. The van der Waals surface area contributed by atoms with Crippen LogP contribution in [0, 0.1) is 6.92 Å². The van der Waals surface area contributed by atoms with Crippen molar-refractivity contribution in [3.8, 4) is 26.9 Å². The molecule has 0 spiro atoms. The predicted octanol–water partition coefficient (Wildman–Crippen LogP) is 3.42. The second kappa shape index (κ2) is 7.73. The lowest BCUT2D eigenvalue weighted by Crippen LogP contribution is -2.24. The summed E-state index contributed by atoms with van der Waals surface area (Å²) >= 11 is 1.56. The Kier molecular flexibility index (Phi) is 4.98. The molecule has 1 aliphatic heterocycles. The quantitative estimate of drug-likeness (QED) is 0.682. The number of thiazole rings is 1. The molecule has 0 aromatic carbocycles. The molecule has 9 heteroatoms. The molecule has 0 unspecified atom stereocenters. The molecule has 0 saturated heterocycles. The number of hydrogen-bond acceptors (Lipinski definition) is 8. The van der Waals surface area contributed by atoms with Crippen molar-refractivity contribution in [1.29, 1.82) is 0 Å². The van der Waals surface area contributed by atoms with Crippen molar-refractivity contribution in [2.45, 2.75) is 13.3 Å². The number of carbonyl (C=O) groups is 1. The highest BCUT2D eigenvalue weighted by molar-refractivity contribution is 7.18. The van der Waals surface area contributed by atoms with Gasteiger partial charge in [-0.2, -0.15) is 5.10 Å². The second-order valence-corrected chi connectivity index (χ2v) is 6.98. The summed E-state index contributed by atoms with van der Waals surface area (Å²) in [6.45, 7) is 2.43. The van der Waals surface area contributed by atoms with Gasteiger partial charge in [0, 0.05) is 24.4 Å². The molecule has 0 atom stereocenters. The summed E-state index contributed by atoms with van der Waals surface area (Å²) in [4.78, 5) is 25.9. The smallest absolute Gasteiger partial charge is 0.427 e. The fraction of sp³-hybridized carbons (Fsp3) is 0.211. The van der Waals surface area contributed by atoms with Crippen molar-refractivity contribution in [1.82, 2.24) is 20.4 Å². The first kappa shape index (κ1) is 18.1. The first-order valence-corrected chi connectivity index (χ1v) is 9.40. The van der Waals surface area contributed by atoms with E-state index in [4.69, 9.17) is 9.72 Å². The average molecular weight is 395 g/mol. The van der Waals surface area contributed by atoms with Crippen molar-refractivity contribution in [3.63, 3.8) is 0 Å². The van der Waals surface area contributed by atoms with Crippen LogP contribution in [0.2, 0.25) is 0 Å². The summed E-state index contributed by atoms with van der Waals surface area (Å²) in [5.41, 5.74) is 6.23. The van der Waals surface area contributed by atoms with Crippen molar-refractivity contribution in [3.05, 3.63) is 48.0 Å². The minimum absolute atomic E-state index is 0.473. The summed E-state index contributed by atoms with van der Waals surface area (Å²) in [5, 5.41) is 5.02. The van der Waals surface area contributed by atoms with Gasteiger partial charge in [-0.3, -0.25) is 4.98 Å². The van der Waals surface area contributed by atoms with Gasteiger partial charge in [-0.15, -0.1) is 11.3 Å². The topological polar surface area (TPSA) is 98.6 Å². The number of nitrogens with one attached hydrogen (secondary N) is 1. The van der Waals surface area contributed by atoms with Gasteiger partial charge in [-0.25, -0.2) is 20.2 Å². The van der Waals surface area contributed by atoms with E-state index >= 15 is 0 Å². The third kappa shape index (κ3) is 3.56. The van der Waals surface area contributed by atoms with Crippen LogP contribution in [0.3, 0.4) is 0 Å². The van der Waals surface area contributed by atoms with E-state index in [1.54, 1.807) is 23.7 Å². The normalized spacial score (nSPS) is 14.3. The number of ether oxygens (including phenoxy) is 2. The van der Waals surface area contributed by atoms with E-state index in [0.29, 0.717) is 30.2 Å². The van der Waals surface area contributed by atoms with Crippen molar-refractivity contribution in [2.75, 3.05) is 13.7 Å². The molecule has 0 aliphatic carbocycles. The third-order valence-electron chi connectivity index (χ3n) is 4.13. The van der Waals surface area contributed by atoms with Gasteiger partial charge in [0.1, 0.15) is 16.5 Å². The highest BCUT2D eigenvalue weighted by Crippen LogP contribution is 2.35. The molecular formula is C19H17N5O3S. The van der Waals surface area contributed by atoms with Gasteiger partial charge >= 0.3 is 6.09 Å². The highest BCUT2D eigenvalue weighted by Gasteiger charge is 2.21. The number of carbonyl (C=O) groups excluding carboxylic acids is 1. The van der Waals surface area contributed by atoms with Crippen LogP contribution >= 0.6 is 11.3 Å². The van der Waals surface area contributed by atoms with Crippen LogP contribution in [0.15, 0.2) is 41.8 Å². The lowest BCUT2D eigenvalue weighted by Gasteiger charge is -2.18. The Morgan fingerprint density at radius 2 is 2.21 bits per heavy atom. The Labute approximate surface area is 165 Å². The Morgan fingerprint density at radius 1 is 1.32 bits per heavy atom. The zero-order valence-corrected chi connectivity index (χ0v) is 16.1. The van der Waals surface area contributed by atoms with Gasteiger partial charge in [0.15, 0.2) is 0 Å². The number of nitrogens with zero attached hydrogens (tertiary/aromatic N) is 4. The monoisotopic (exact) mass is 395 g/mol. The molecule has 1 amide bonds. The van der Waals surface area contributed by atoms with Crippen molar-refractivity contribution >= 4 is 23.1 Å². The predicted molar refractivity (Wildman–Crippen MR) is 106 cm³/mol. The fourth-order valence-corrected chi connectivity index (χ4v) is 3.81.